The predicted octanol–water partition coefficient (Wildman–Crippen LogP) is -0.0442. The van der Waals surface area contributed by atoms with E-state index in [4.69, 9.17) is 0 Å². The number of hydrogen-bond donors (Lipinski definition) is 2. The second kappa shape index (κ2) is 2.82. The number of nitrogens with one attached hydrogen (secondary N) is 2. The third-order valence-electron chi connectivity index (χ3n) is 3.10. The molecule has 1 aromatic heterocycles. The minimum absolute atomic E-state index is 0.743. The highest BCUT2D eigenvalue weighted by atomic mass is 15.3. The fourth-order valence-electron chi connectivity index (χ4n) is 2.43. The van der Waals surface area contributed by atoms with Crippen LogP contribution in [0.3, 0.4) is 0 Å². The number of nitrogens with zero attached hydrogens (tertiary/aromatic N) is 2. The van der Waals surface area contributed by atoms with Gasteiger partial charge in [0.15, 0.2) is 0 Å². The van der Waals surface area contributed by atoms with E-state index in [2.05, 4.69) is 26.5 Å². The molecular weight excluding hydrogens is 164 g/mol. The monoisotopic (exact) mass is 178 g/mol. The van der Waals surface area contributed by atoms with Crippen molar-refractivity contribution in [3.8, 4) is 0 Å². The number of H-pyrrole nitrogens is 1. The number of aromatic nitrogens is 2. The van der Waals surface area contributed by atoms with Crippen LogP contribution >= 0.6 is 0 Å². The van der Waals surface area contributed by atoms with Gasteiger partial charge in [-0.3, -0.25) is 10.00 Å². The lowest BCUT2D eigenvalue weighted by atomic mass is 10.2. The lowest BCUT2D eigenvalue weighted by molar-refractivity contribution is 0.215. The largest absolute Gasteiger partial charge is 0.311 e. The SMILES string of the molecule is c1cc(CN2C[C@H]3CC2CN3)[nH]n1. The average molecular weight is 178 g/mol. The molecule has 0 amide bonds. The summed E-state index contributed by atoms with van der Waals surface area (Å²) in [4.78, 5) is 2.54. The summed E-state index contributed by atoms with van der Waals surface area (Å²) in [6, 6.07) is 3.56. The first-order valence-electron chi connectivity index (χ1n) is 4.87. The van der Waals surface area contributed by atoms with Gasteiger partial charge in [-0.1, -0.05) is 0 Å². The van der Waals surface area contributed by atoms with E-state index in [0.717, 1.165) is 18.6 Å². The predicted molar refractivity (Wildman–Crippen MR) is 49.2 cm³/mol. The molecule has 70 valence electrons. The van der Waals surface area contributed by atoms with E-state index < -0.39 is 0 Å². The molecule has 3 rings (SSSR count). The van der Waals surface area contributed by atoms with Crippen molar-refractivity contribution in [2.75, 3.05) is 13.1 Å². The molecule has 0 aromatic carbocycles. The van der Waals surface area contributed by atoms with Crippen LogP contribution in [0.4, 0.5) is 0 Å². The molecule has 1 unspecified atom stereocenters. The number of fused-ring (bicyclic) bond motifs is 2. The first-order valence-corrected chi connectivity index (χ1v) is 4.87. The smallest absolute Gasteiger partial charge is 0.0492 e. The fraction of sp³-hybridized carbons (Fsp3) is 0.667. The summed E-state index contributed by atoms with van der Waals surface area (Å²) >= 11 is 0. The lowest BCUT2D eigenvalue weighted by Crippen LogP contribution is -2.43. The Hall–Kier alpha value is -0.870. The van der Waals surface area contributed by atoms with Crippen LogP contribution in [-0.2, 0) is 6.54 Å². The van der Waals surface area contributed by atoms with Crippen LogP contribution in [0.2, 0.25) is 0 Å². The van der Waals surface area contributed by atoms with Crippen LogP contribution in [-0.4, -0.2) is 40.3 Å². The minimum Gasteiger partial charge on any atom is -0.311 e. The standard InChI is InChI=1S/C9H14N4/c1-2-11-12-7(1)5-13-6-8-3-9(13)4-10-8/h1-2,8-10H,3-6H2,(H,11,12)/t8-,9?/m1/s1. The minimum atomic E-state index is 0.743. The van der Waals surface area contributed by atoms with Crippen molar-refractivity contribution in [2.24, 2.45) is 0 Å². The number of likely N-dealkylation sites (tertiary alicyclic amines) is 1. The van der Waals surface area contributed by atoms with Crippen LogP contribution in [0, 0.1) is 0 Å². The molecule has 0 spiro atoms. The highest BCUT2D eigenvalue weighted by molar-refractivity contribution is 5.03. The number of rotatable bonds is 2. The maximum absolute atomic E-state index is 3.96. The van der Waals surface area contributed by atoms with Gasteiger partial charge >= 0.3 is 0 Å². The summed E-state index contributed by atoms with van der Waals surface area (Å²) in [5.41, 5.74) is 1.23. The molecule has 2 fully saturated rings. The van der Waals surface area contributed by atoms with Crippen LogP contribution in [0.5, 0.6) is 0 Å². The molecule has 2 bridgehead atoms. The molecule has 0 radical (unpaired) electrons. The van der Waals surface area contributed by atoms with Gasteiger partial charge < -0.3 is 5.32 Å². The Labute approximate surface area is 77.3 Å². The second-order valence-electron chi connectivity index (χ2n) is 4.01. The van der Waals surface area contributed by atoms with Crippen molar-refractivity contribution in [3.63, 3.8) is 0 Å². The zero-order valence-electron chi connectivity index (χ0n) is 7.53. The number of aromatic amines is 1. The Kier molecular flexibility index (Phi) is 1.63. The van der Waals surface area contributed by atoms with Crippen molar-refractivity contribution in [1.82, 2.24) is 20.4 Å². The van der Waals surface area contributed by atoms with E-state index in [1.165, 1.54) is 25.2 Å². The van der Waals surface area contributed by atoms with E-state index in [1.54, 1.807) is 0 Å². The maximum Gasteiger partial charge on any atom is 0.0492 e. The highest BCUT2D eigenvalue weighted by Gasteiger charge is 2.37. The lowest BCUT2D eigenvalue weighted by Gasteiger charge is -2.26. The summed E-state index contributed by atoms with van der Waals surface area (Å²) < 4.78 is 0. The topological polar surface area (TPSA) is 44.0 Å². The summed E-state index contributed by atoms with van der Waals surface area (Å²) in [5.74, 6) is 0. The van der Waals surface area contributed by atoms with E-state index in [9.17, 15) is 0 Å². The van der Waals surface area contributed by atoms with E-state index in [-0.39, 0.29) is 0 Å². The zero-order chi connectivity index (χ0) is 8.67. The Morgan fingerprint density at radius 3 is 3.23 bits per heavy atom. The summed E-state index contributed by atoms with van der Waals surface area (Å²) in [7, 11) is 0. The molecule has 0 saturated carbocycles. The third kappa shape index (κ3) is 1.26. The van der Waals surface area contributed by atoms with Crippen molar-refractivity contribution < 1.29 is 0 Å². The van der Waals surface area contributed by atoms with Gasteiger partial charge in [0.1, 0.15) is 0 Å². The molecular formula is C9H14N4. The molecule has 3 heterocycles. The molecule has 1 aromatic rings. The van der Waals surface area contributed by atoms with Gasteiger partial charge in [-0.2, -0.15) is 5.10 Å². The Morgan fingerprint density at radius 1 is 1.62 bits per heavy atom. The third-order valence-corrected chi connectivity index (χ3v) is 3.10. The van der Waals surface area contributed by atoms with Gasteiger partial charge in [-0.25, -0.2) is 0 Å². The van der Waals surface area contributed by atoms with Gasteiger partial charge in [0.25, 0.3) is 0 Å². The first kappa shape index (κ1) is 7.53. The van der Waals surface area contributed by atoms with Gasteiger partial charge in [-0.05, 0) is 12.5 Å². The molecule has 2 aliphatic heterocycles. The van der Waals surface area contributed by atoms with E-state index in [1.807, 2.05) is 6.20 Å². The average Bonchev–Trinajstić information content (AvgIpc) is 2.77. The van der Waals surface area contributed by atoms with E-state index >= 15 is 0 Å². The molecule has 4 heteroatoms. The number of hydrogen-bond acceptors (Lipinski definition) is 3. The normalized spacial score (nSPS) is 32.9. The van der Waals surface area contributed by atoms with Gasteiger partial charge in [0.2, 0.25) is 0 Å². The molecule has 2 aliphatic rings. The van der Waals surface area contributed by atoms with Crippen molar-refractivity contribution in [3.05, 3.63) is 18.0 Å². The van der Waals surface area contributed by atoms with Crippen molar-refractivity contribution in [1.29, 1.82) is 0 Å². The van der Waals surface area contributed by atoms with Gasteiger partial charge in [-0.15, -0.1) is 0 Å². The Balaban J connectivity index is 1.68. The van der Waals surface area contributed by atoms with Gasteiger partial charge in [0, 0.05) is 43.6 Å². The zero-order valence-corrected chi connectivity index (χ0v) is 7.53. The summed E-state index contributed by atoms with van der Waals surface area (Å²) in [5, 5.41) is 10.5. The van der Waals surface area contributed by atoms with Crippen LogP contribution < -0.4 is 5.32 Å². The quantitative estimate of drug-likeness (QED) is 0.667. The van der Waals surface area contributed by atoms with Crippen molar-refractivity contribution >= 4 is 0 Å². The molecule has 0 aliphatic carbocycles. The number of piperazine rings is 1. The fourth-order valence-corrected chi connectivity index (χ4v) is 2.43. The molecule has 2 N–H and O–H groups in total. The van der Waals surface area contributed by atoms with Crippen LogP contribution in [0.1, 0.15) is 12.1 Å². The summed E-state index contributed by atoms with van der Waals surface area (Å²) in [6.45, 7) is 3.39. The first-order chi connectivity index (χ1) is 6.42. The Morgan fingerprint density at radius 2 is 2.62 bits per heavy atom. The van der Waals surface area contributed by atoms with E-state index in [0.29, 0.717) is 0 Å². The Bertz CT molecular complexity index is 282. The van der Waals surface area contributed by atoms with Crippen molar-refractivity contribution in [2.45, 2.75) is 25.0 Å². The second-order valence-corrected chi connectivity index (χ2v) is 4.01. The molecule has 13 heavy (non-hydrogen) atoms. The van der Waals surface area contributed by atoms with Gasteiger partial charge in [0.05, 0.1) is 0 Å². The highest BCUT2D eigenvalue weighted by Crippen LogP contribution is 2.24. The van der Waals surface area contributed by atoms with Crippen LogP contribution in [0.15, 0.2) is 12.3 Å². The molecule has 4 nitrogen and oxygen atoms in total. The molecule has 2 saturated heterocycles. The summed E-state index contributed by atoms with van der Waals surface area (Å²) in [6.07, 6.45) is 3.15. The maximum atomic E-state index is 3.96. The molecule has 2 atom stereocenters. The van der Waals surface area contributed by atoms with Crippen LogP contribution in [0.25, 0.3) is 0 Å².